The van der Waals surface area contributed by atoms with Crippen molar-refractivity contribution in [1.29, 1.82) is 0 Å². The van der Waals surface area contributed by atoms with Crippen molar-refractivity contribution in [3.05, 3.63) is 35.9 Å². The lowest BCUT2D eigenvalue weighted by atomic mass is 9.99. The van der Waals surface area contributed by atoms with Crippen molar-refractivity contribution in [2.75, 3.05) is 7.11 Å². The molecule has 1 unspecified atom stereocenters. The maximum absolute atomic E-state index is 7.00. The highest BCUT2D eigenvalue weighted by Gasteiger charge is 1.98. The summed E-state index contributed by atoms with van der Waals surface area (Å²) in [5.41, 5.74) is 1.45. The Morgan fingerprint density at radius 2 is 1.50 bits per heavy atom. The Labute approximate surface area is 89.8 Å². The molecule has 0 saturated carbocycles. The molecule has 1 rings (SSSR count). The van der Waals surface area contributed by atoms with E-state index in [2.05, 4.69) is 44.2 Å². The van der Waals surface area contributed by atoms with Gasteiger partial charge in [-0.15, -0.1) is 0 Å². The van der Waals surface area contributed by atoms with Crippen LogP contribution in [-0.2, 0) is 0 Å². The minimum absolute atomic E-state index is 0. The fourth-order valence-electron chi connectivity index (χ4n) is 1.02. The second-order valence-corrected chi connectivity index (χ2v) is 2.72. The molecule has 1 heteroatoms. The van der Waals surface area contributed by atoms with Gasteiger partial charge in [-0.3, -0.25) is 0 Å². The van der Waals surface area contributed by atoms with Gasteiger partial charge in [-0.2, -0.15) is 0 Å². The zero-order valence-electron chi connectivity index (χ0n) is 8.12. The zero-order valence-corrected chi connectivity index (χ0v) is 8.12. The Morgan fingerprint density at radius 3 is 1.86 bits per heavy atom. The van der Waals surface area contributed by atoms with Gasteiger partial charge >= 0.3 is 0 Å². The first-order valence-corrected chi connectivity index (χ1v) is 4.34. The molecule has 0 saturated heterocycles. The van der Waals surface area contributed by atoms with Crippen molar-refractivity contribution >= 4 is 0 Å². The third-order valence-electron chi connectivity index (χ3n) is 1.98. The van der Waals surface area contributed by atoms with E-state index in [0.29, 0.717) is 5.92 Å². The summed E-state index contributed by atoms with van der Waals surface area (Å²) in [5.74, 6) is 0.709. The van der Waals surface area contributed by atoms with Gasteiger partial charge in [-0.05, 0) is 17.9 Å². The predicted molar refractivity (Wildman–Crippen MR) is 66.8 cm³/mol. The molecule has 0 aliphatic carbocycles. The van der Waals surface area contributed by atoms with E-state index in [1.165, 1.54) is 12.0 Å². The first-order valence-electron chi connectivity index (χ1n) is 4.34. The van der Waals surface area contributed by atoms with Crippen LogP contribution in [0.5, 0.6) is 0 Å². The van der Waals surface area contributed by atoms with Crippen molar-refractivity contribution in [3.63, 3.8) is 0 Å². The number of hydrogen-bond donors (Lipinski definition) is 1. The molecule has 0 aliphatic rings. The lowest BCUT2D eigenvalue weighted by Gasteiger charge is -2.06. The van der Waals surface area contributed by atoms with E-state index in [0.717, 1.165) is 7.11 Å². The van der Waals surface area contributed by atoms with Crippen LogP contribution in [0.4, 0.5) is 0 Å². The molecule has 0 heterocycles. The van der Waals surface area contributed by atoms with Crippen molar-refractivity contribution in [1.82, 2.24) is 0 Å². The Morgan fingerprint density at radius 1 is 1.07 bits per heavy atom. The number of benzene rings is 1. The van der Waals surface area contributed by atoms with E-state index in [1.54, 1.807) is 0 Å². The quantitative estimate of drug-likeness (QED) is 0.759. The number of aliphatic hydroxyl groups is 1. The molecule has 0 spiro atoms. The van der Waals surface area contributed by atoms with Gasteiger partial charge in [0.25, 0.3) is 0 Å². The van der Waals surface area contributed by atoms with Gasteiger partial charge in [0.2, 0.25) is 0 Å². The van der Waals surface area contributed by atoms with Gasteiger partial charge in [0, 0.05) is 7.11 Å². The highest BCUT2D eigenvalue weighted by atomic mass is 16.2. The summed E-state index contributed by atoms with van der Waals surface area (Å²) in [6.07, 6.45) is 1.23. The molecule has 84 valence electrons. The van der Waals surface area contributed by atoms with Crippen molar-refractivity contribution in [2.24, 2.45) is 0 Å². The maximum atomic E-state index is 7.00. The third-order valence-corrected chi connectivity index (χ3v) is 1.98. The minimum atomic E-state index is 0. The SMILES string of the molecule is C.C.CCC(C)c1ccccc1.CO. The molecule has 14 heavy (non-hydrogen) atoms. The standard InChI is InChI=1S/C10H14.CH4O.2CH4/c1-3-9(2)10-7-5-4-6-8-10;1-2;;/h4-9H,3H2,1-2H3;2H,1H3;2*1H4. The molecule has 0 aliphatic heterocycles. The van der Waals surface area contributed by atoms with Crippen LogP contribution < -0.4 is 0 Å². The van der Waals surface area contributed by atoms with E-state index >= 15 is 0 Å². The summed E-state index contributed by atoms with van der Waals surface area (Å²) < 4.78 is 0. The number of rotatable bonds is 2. The molecule has 1 nitrogen and oxygen atoms in total. The van der Waals surface area contributed by atoms with Crippen LogP contribution >= 0.6 is 0 Å². The van der Waals surface area contributed by atoms with Crippen LogP contribution in [0.25, 0.3) is 0 Å². The Kier molecular flexibility index (Phi) is 16.4. The van der Waals surface area contributed by atoms with E-state index < -0.39 is 0 Å². The largest absolute Gasteiger partial charge is 0.400 e. The molecular formula is C13H26O. The zero-order chi connectivity index (χ0) is 9.40. The normalized spacial score (nSPS) is 9.71. The molecule has 1 N–H and O–H groups in total. The molecule has 0 fully saturated rings. The van der Waals surface area contributed by atoms with E-state index in [4.69, 9.17) is 5.11 Å². The first kappa shape index (κ1) is 18.9. The van der Waals surface area contributed by atoms with Gasteiger partial charge in [-0.25, -0.2) is 0 Å². The third kappa shape index (κ3) is 6.67. The van der Waals surface area contributed by atoms with Crippen LogP contribution in [0, 0.1) is 0 Å². The van der Waals surface area contributed by atoms with Crippen molar-refractivity contribution in [3.8, 4) is 0 Å². The predicted octanol–water partition coefficient (Wildman–Crippen LogP) is 4.08. The highest BCUT2D eigenvalue weighted by molar-refractivity contribution is 5.18. The van der Waals surface area contributed by atoms with Crippen molar-refractivity contribution < 1.29 is 5.11 Å². The topological polar surface area (TPSA) is 20.2 Å². The van der Waals surface area contributed by atoms with Crippen LogP contribution in [0.2, 0.25) is 0 Å². The Bertz CT molecular complexity index is 182. The average Bonchev–Trinajstić information content (AvgIpc) is 2.21. The summed E-state index contributed by atoms with van der Waals surface area (Å²) in [5, 5.41) is 7.00. The monoisotopic (exact) mass is 198 g/mol. The average molecular weight is 198 g/mol. The molecule has 1 aromatic rings. The van der Waals surface area contributed by atoms with E-state index in [-0.39, 0.29) is 14.9 Å². The fourth-order valence-corrected chi connectivity index (χ4v) is 1.02. The molecule has 0 amide bonds. The summed E-state index contributed by atoms with van der Waals surface area (Å²) >= 11 is 0. The van der Waals surface area contributed by atoms with Crippen LogP contribution in [0.15, 0.2) is 30.3 Å². The minimum Gasteiger partial charge on any atom is -0.400 e. The number of hydrogen-bond acceptors (Lipinski definition) is 1. The number of aliphatic hydroxyl groups excluding tert-OH is 1. The summed E-state index contributed by atoms with van der Waals surface area (Å²) in [6.45, 7) is 4.48. The van der Waals surface area contributed by atoms with Gasteiger partial charge in [0.05, 0.1) is 0 Å². The second-order valence-electron chi connectivity index (χ2n) is 2.72. The molecule has 0 aromatic heterocycles. The van der Waals surface area contributed by atoms with Crippen LogP contribution in [0.1, 0.15) is 46.6 Å². The van der Waals surface area contributed by atoms with Crippen molar-refractivity contribution in [2.45, 2.75) is 41.0 Å². The highest BCUT2D eigenvalue weighted by Crippen LogP contribution is 2.16. The molecule has 0 radical (unpaired) electrons. The lowest BCUT2D eigenvalue weighted by Crippen LogP contribution is -1.88. The van der Waals surface area contributed by atoms with Gasteiger partial charge in [0.15, 0.2) is 0 Å². The summed E-state index contributed by atoms with van der Waals surface area (Å²) in [4.78, 5) is 0. The Balaban J connectivity index is -0.000000284. The molecule has 0 bridgehead atoms. The van der Waals surface area contributed by atoms with Crippen LogP contribution in [0.3, 0.4) is 0 Å². The van der Waals surface area contributed by atoms with Gasteiger partial charge in [0.1, 0.15) is 0 Å². The van der Waals surface area contributed by atoms with E-state index in [9.17, 15) is 0 Å². The second kappa shape index (κ2) is 12.2. The van der Waals surface area contributed by atoms with Crippen LogP contribution in [-0.4, -0.2) is 12.2 Å². The smallest absolute Gasteiger partial charge is 0.0319 e. The van der Waals surface area contributed by atoms with Gasteiger partial charge in [-0.1, -0.05) is 59.0 Å². The Hall–Kier alpha value is -0.820. The maximum Gasteiger partial charge on any atom is 0.0319 e. The summed E-state index contributed by atoms with van der Waals surface area (Å²) in [6, 6.07) is 10.6. The first-order chi connectivity index (χ1) is 5.84. The molecule has 1 aromatic carbocycles. The molecule has 1 atom stereocenters. The summed E-state index contributed by atoms with van der Waals surface area (Å²) in [7, 11) is 1.00. The fraction of sp³-hybridized carbons (Fsp3) is 0.538. The molecular weight excluding hydrogens is 172 g/mol. The van der Waals surface area contributed by atoms with E-state index in [1.807, 2.05) is 0 Å². The van der Waals surface area contributed by atoms with Gasteiger partial charge < -0.3 is 5.11 Å². The lowest BCUT2D eigenvalue weighted by molar-refractivity contribution is 0.399.